The molecule has 1 aromatic heterocycles. The number of benzene rings is 1. The Morgan fingerprint density at radius 1 is 1.27 bits per heavy atom. The Hall–Kier alpha value is -1.17. The molecule has 2 rings (SSSR count). The van der Waals surface area contributed by atoms with Gasteiger partial charge in [0.25, 0.3) is 0 Å². The van der Waals surface area contributed by atoms with Crippen molar-refractivity contribution in [3.05, 3.63) is 45.7 Å². The number of halogens is 1. The maximum Gasteiger partial charge on any atom is 0.239 e. The zero-order valence-electron chi connectivity index (χ0n) is 8.14. The summed E-state index contributed by atoms with van der Waals surface area (Å²) in [6.45, 7) is 1.95. The van der Waals surface area contributed by atoms with Gasteiger partial charge in [-0.3, -0.25) is 0 Å². The fourth-order valence-electron chi connectivity index (χ4n) is 1.14. The Bertz CT molecular complexity index is 430. The van der Waals surface area contributed by atoms with E-state index < -0.39 is 0 Å². The zero-order valence-corrected chi connectivity index (χ0v) is 10.3. The second-order valence-corrected chi connectivity index (χ2v) is 4.38. The highest BCUT2D eigenvalue weighted by Gasteiger charge is 1.99. The van der Waals surface area contributed by atoms with Crippen LogP contribution >= 0.6 is 22.6 Å². The van der Waals surface area contributed by atoms with Crippen molar-refractivity contribution in [1.29, 1.82) is 0 Å². The van der Waals surface area contributed by atoms with Crippen molar-refractivity contribution in [1.82, 2.24) is 10.2 Å². The average molecular weight is 312 g/mol. The van der Waals surface area contributed by atoms with Gasteiger partial charge in [-0.05, 0) is 53.3 Å². The molecule has 0 saturated carbocycles. The number of hydrogen-bond acceptors (Lipinski definition) is 3. The summed E-state index contributed by atoms with van der Waals surface area (Å²) in [5.74, 6) is 1.30. The van der Waals surface area contributed by atoms with E-state index in [-0.39, 0.29) is 0 Å². The minimum Gasteiger partial charge on any atom is -0.437 e. The third-order valence-electron chi connectivity index (χ3n) is 1.79. The number of hydrogen-bond donors (Lipinski definition) is 0. The molecule has 3 nitrogen and oxygen atoms in total. The van der Waals surface area contributed by atoms with Gasteiger partial charge in [0.15, 0.2) is 0 Å². The lowest BCUT2D eigenvalue weighted by atomic mass is 10.3. The Balaban J connectivity index is 2.22. The standard InChI is InChI=1S/C11H9IN2O/c1-8-5-11(14-13-7-8)15-10-4-2-3-9(12)6-10/h2-7H,1H3. The third-order valence-corrected chi connectivity index (χ3v) is 2.46. The molecule has 2 aromatic rings. The van der Waals surface area contributed by atoms with Gasteiger partial charge >= 0.3 is 0 Å². The fraction of sp³-hybridized carbons (Fsp3) is 0.0909. The van der Waals surface area contributed by atoms with Crippen LogP contribution in [0, 0.1) is 10.5 Å². The maximum absolute atomic E-state index is 5.56. The molecule has 0 aliphatic heterocycles. The molecule has 76 valence electrons. The fourth-order valence-corrected chi connectivity index (χ4v) is 1.65. The second-order valence-electron chi connectivity index (χ2n) is 3.13. The van der Waals surface area contributed by atoms with E-state index in [9.17, 15) is 0 Å². The van der Waals surface area contributed by atoms with Gasteiger partial charge in [-0.15, -0.1) is 5.10 Å². The van der Waals surface area contributed by atoms with Crippen LogP contribution in [-0.4, -0.2) is 10.2 Å². The number of aromatic nitrogens is 2. The van der Waals surface area contributed by atoms with Crippen LogP contribution in [0.4, 0.5) is 0 Å². The molecule has 0 atom stereocenters. The van der Waals surface area contributed by atoms with Gasteiger partial charge < -0.3 is 4.74 Å². The topological polar surface area (TPSA) is 35.0 Å². The molecule has 0 aliphatic carbocycles. The molecule has 0 aliphatic rings. The summed E-state index contributed by atoms with van der Waals surface area (Å²) in [6, 6.07) is 9.65. The van der Waals surface area contributed by atoms with E-state index in [1.807, 2.05) is 37.3 Å². The van der Waals surface area contributed by atoms with Gasteiger partial charge in [0.05, 0.1) is 6.20 Å². The molecule has 0 bridgehead atoms. The number of rotatable bonds is 2. The predicted octanol–water partition coefficient (Wildman–Crippen LogP) is 3.18. The molecule has 0 spiro atoms. The number of aryl methyl sites for hydroxylation is 1. The van der Waals surface area contributed by atoms with Gasteiger partial charge in [0, 0.05) is 9.64 Å². The first-order valence-electron chi connectivity index (χ1n) is 4.47. The van der Waals surface area contributed by atoms with Gasteiger partial charge in [0.2, 0.25) is 5.88 Å². The summed E-state index contributed by atoms with van der Waals surface area (Å²) in [5.41, 5.74) is 1.03. The highest BCUT2D eigenvalue weighted by molar-refractivity contribution is 14.1. The molecule has 0 fully saturated rings. The van der Waals surface area contributed by atoms with Gasteiger partial charge in [-0.2, -0.15) is 5.10 Å². The second kappa shape index (κ2) is 4.57. The minimum absolute atomic E-state index is 0.525. The van der Waals surface area contributed by atoms with Gasteiger partial charge in [-0.1, -0.05) is 6.07 Å². The van der Waals surface area contributed by atoms with Crippen LogP contribution in [0.3, 0.4) is 0 Å². The van der Waals surface area contributed by atoms with Crippen LogP contribution in [0.5, 0.6) is 11.6 Å². The molecule has 0 radical (unpaired) electrons. The summed E-state index contributed by atoms with van der Waals surface area (Å²) < 4.78 is 6.69. The molecule has 4 heteroatoms. The summed E-state index contributed by atoms with van der Waals surface area (Å²) in [4.78, 5) is 0. The molecule has 0 saturated heterocycles. The smallest absolute Gasteiger partial charge is 0.239 e. The van der Waals surface area contributed by atoms with E-state index in [2.05, 4.69) is 32.8 Å². The van der Waals surface area contributed by atoms with Crippen molar-refractivity contribution < 1.29 is 4.74 Å². The Kier molecular flexibility index (Phi) is 3.15. The Morgan fingerprint density at radius 3 is 2.87 bits per heavy atom. The largest absolute Gasteiger partial charge is 0.437 e. The van der Waals surface area contributed by atoms with E-state index in [0.29, 0.717) is 5.88 Å². The van der Waals surface area contributed by atoms with Gasteiger partial charge in [-0.25, -0.2) is 0 Å². The van der Waals surface area contributed by atoms with Gasteiger partial charge in [0.1, 0.15) is 5.75 Å². The third kappa shape index (κ3) is 2.89. The Morgan fingerprint density at radius 2 is 2.13 bits per heavy atom. The molecule has 1 aromatic carbocycles. The lowest BCUT2D eigenvalue weighted by Crippen LogP contribution is -1.91. The molecule has 0 amide bonds. The number of ether oxygens (including phenoxy) is 1. The normalized spacial score (nSPS) is 10.0. The van der Waals surface area contributed by atoms with Crippen LogP contribution < -0.4 is 4.74 Å². The summed E-state index contributed by atoms with van der Waals surface area (Å²) in [5, 5.41) is 7.72. The first kappa shape index (κ1) is 10.4. The summed E-state index contributed by atoms with van der Waals surface area (Å²) in [6.07, 6.45) is 1.70. The quantitative estimate of drug-likeness (QED) is 0.799. The Labute approximate surface area is 102 Å². The predicted molar refractivity (Wildman–Crippen MR) is 66.0 cm³/mol. The van der Waals surface area contributed by atoms with Crippen LogP contribution in [0.15, 0.2) is 36.5 Å². The van der Waals surface area contributed by atoms with Crippen molar-refractivity contribution in [2.45, 2.75) is 6.92 Å². The van der Waals surface area contributed by atoms with Crippen LogP contribution in [0.2, 0.25) is 0 Å². The van der Waals surface area contributed by atoms with E-state index >= 15 is 0 Å². The van der Waals surface area contributed by atoms with Crippen LogP contribution in [0.25, 0.3) is 0 Å². The van der Waals surface area contributed by atoms with E-state index in [0.717, 1.165) is 14.9 Å². The lowest BCUT2D eigenvalue weighted by molar-refractivity contribution is 0.454. The summed E-state index contributed by atoms with van der Waals surface area (Å²) >= 11 is 2.24. The van der Waals surface area contributed by atoms with E-state index in [1.54, 1.807) is 6.20 Å². The summed E-state index contributed by atoms with van der Waals surface area (Å²) in [7, 11) is 0. The van der Waals surface area contributed by atoms with Crippen molar-refractivity contribution in [2.75, 3.05) is 0 Å². The molecule has 15 heavy (non-hydrogen) atoms. The first-order chi connectivity index (χ1) is 7.24. The maximum atomic E-state index is 5.56. The van der Waals surface area contributed by atoms with Crippen LogP contribution in [-0.2, 0) is 0 Å². The van der Waals surface area contributed by atoms with Crippen LogP contribution in [0.1, 0.15) is 5.56 Å². The molecular formula is C11H9IN2O. The highest BCUT2D eigenvalue weighted by atomic mass is 127. The van der Waals surface area contributed by atoms with Crippen molar-refractivity contribution in [3.8, 4) is 11.6 Å². The van der Waals surface area contributed by atoms with Crippen molar-refractivity contribution in [3.63, 3.8) is 0 Å². The first-order valence-corrected chi connectivity index (χ1v) is 5.55. The van der Waals surface area contributed by atoms with E-state index in [4.69, 9.17) is 4.74 Å². The van der Waals surface area contributed by atoms with Crippen molar-refractivity contribution in [2.24, 2.45) is 0 Å². The zero-order chi connectivity index (χ0) is 10.7. The molecular weight excluding hydrogens is 303 g/mol. The molecule has 1 heterocycles. The lowest BCUT2D eigenvalue weighted by Gasteiger charge is -2.04. The molecule has 0 unspecified atom stereocenters. The SMILES string of the molecule is Cc1cnnc(Oc2cccc(I)c2)c1. The average Bonchev–Trinajstić information content (AvgIpc) is 2.17. The van der Waals surface area contributed by atoms with E-state index in [1.165, 1.54) is 0 Å². The van der Waals surface area contributed by atoms with Crippen molar-refractivity contribution >= 4 is 22.6 Å². The highest BCUT2D eigenvalue weighted by Crippen LogP contribution is 2.20. The number of nitrogens with zero attached hydrogens (tertiary/aromatic N) is 2. The molecule has 0 N–H and O–H groups in total. The minimum atomic E-state index is 0.525. The monoisotopic (exact) mass is 312 g/mol.